The van der Waals surface area contributed by atoms with Gasteiger partial charge in [-0.05, 0) is 32.3 Å². The van der Waals surface area contributed by atoms with E-state index in [9.17, 15) is 0 Å². The second-order valence-electron chi connectivity index (χ2n) is 4.70. The lowest BCUT2D eigenvalue weighted by atomic mass is 9.92. The van der Waals surface area contributed by atoms with E-state index in [4.69, 9.17) is 9.47 Å². The van der Waals surface area contributed by atoms with Crippen molar-refractivity contribution >= 4 is 0 Å². The highest BCUT2D eigenvalue weighted by Crippen LogP contribution is 2.28. The average molecular weight is 220 g/mol. The summed E-state index contributed by atoms with van der Waals surface area (Å²) in [5.74, 6) is 0. The summed E-state index contributed by atoms with van der Waals surface area (Å²) < 4.78 is 11.5. The van der Waals surface area contributed by atoms with Gasteiger partial charge in [0.1, 0.15) is 0 Å². The van der Waals surface area contributed by atoms with Gasteiger partial charge < -0.3 is 9.47 Å². The topological polar surface area (TPSA) is 18.5 Å². The van der Waals surface area contributed by atoms with Gasteiger partial charge in [0.2, 0.25) is 0 Å². The number of ether oxygens (including phenoxy) is 2. The molecular weight excluding hydrogens is 200 g/mol. The second kappa shape index (κ2) is 5.46. The number of rotatable bonds is 5. The number of benzene rings is 1. The van der Waals surface area contributed by atoms with Gasteiger partial charge in [0.25, 0.3) is 0 Å². The average Bonchev–Trinajstić information content (AvgIpc) is 2.22. The molecule has 0 atom stereocenters. The molecule has 0 N–H and O–H groups in total. The molecule has 1 aromatic rings. The molecule has 2 heteroatoms. The van der Waals surface area contributed by atoms with Crippen LogP contribution in [0.25, 0.3) is 0 Å². The van der Waals surface area contributed by atoms with Crippen LogP contribution in [0.4, 0.5) is 0 Å². The van der Waals surface area contributed by atoms with Crippen molar-refractivity contribution in [3.63, 3.8) is 0 Å². The Kier molecular flexibility index (Phi) is 3.97. The highest BCUT2D eigenvalue weighted by Gasteiger charge is 2.31. The Morgan fingerprint density at radius 1 is 1.12 bits per heavy atom. The van der Waals surface area contributed by atoms with E-state index in [0.29, 0.717) is 18.3 Å². The molecule has 0 bridgehead atoms. The van der Waals surface area contributed by atoms with Crippen molar-refractivity contribution in [2.75, 3.05) is 0 Å². The third kappa shape index (κ3) is 3.32. The molecule has 2 nitrogen and oxygen atoms in total. The number of hydrogen-bond donors (Lipinski definition) is 0. The monoisotopic (exact) mass is 220 g/mol. The first-order valence-corrected chi connectivity index (χ1v) is 6.05. The first kappa shape index (κ1) is 11.6. The van der Waals surface area contributed by atoms with E-state index in [2.05, 4.69) is 26.0 Å². The molecular formula is C14H20O2. The molecule has 1 aliphatic carbocycles. The van der Waals surface area contributed by atoms with Crippen LogP contribution in [0, 0.1) is 0 Å². The van der Waals surface area contributed by atoms with Gasteiger partial charge in [0, 0.05) is 0 Å². The van der Waals surface area contributed by atoms with Gasteiger partial charge in [-0.1, -0.05) is 30.3 Å². The summed E-state index contributed by atoms with van der Waals surface area (Å²) in [5, 5.41) is 0. The van der Waals surface area contributed by atoms with Crippen LogP contribution in [0.2, 0.25) is 0 Å². The van der Waals surface area contributed by atoms with Gasteiger partial charge in [-0.3, -0.25) is 0 Å². The summed E-state index contributed by atoms with van der Waals surface area (Å²) in [6.07, 6.45) is 3.24. The van der Waals surface area contributed by atoms with Gasteiger partial charge in [0.15, 0.2) is 0 Å². The second-order valence-corrected chi connectivity index (χ2v) is 4.70. The minimum Gasteiger partial charge on any atom is -0.375 e. The standard InChI is InChI=1S/C14H20O2/c1-11(2)16-14-8-13(9-14)15-10-12-6-4-3-5-7-12/h3-7,11,13-14H,8-10H2,1-2H3. The van der Waals surface area contributed by atoms with Crippen LogP contribution in [0.3, 0.4) is 0 Å². The van der Waals surface area contributed by atoms with E-state index in [0.717, 1.165) is 19.4 Å². The van der Waals surface area contributed by atoms with E-state index < -0.39 is 0 Å². The first-order chi connectivity index (χ1) is 7.74. The molecule has 0 unspecified atom stereocenters. The fraction of sp³-hybridized carbons (Fsp3) is 0.571. The van der Waals surface area contributed by atoms with Crippen molar-refractivity contribution in [2.45, 2.75) is 51.6 Å². The van der Waals surface area contributed by atoms with Crippen LogP contribution in [-0.2, 0) is 16.1 Å². The van der Waals surface area contributed by atoms with Crippen LogP contribution in [0.1, 0.15) is 32.3 Å². The van der Waals surface area contributed by atoms with Crippen molar-refractivity contribution in [3.05, 3.63) is 35.9 Å². The summed E-state index contributed by atoms with van der Waals surface area (Å²) in [6, 6.07) is 10.3. The van der Waals surface area contributed by atoms with Crippen LogP contribution in [0.15, 0.2) is 30.3 Å². The molecule has 1 fully saturated rings. The van der Waals surface area contributed by atoms with E-state index in [1.807, 2.05) is 18.2 Å². The van der Waals surface area contributed by atoms with Gasteiger partial charge in [0.05, 0.1) is 24.9 Å². The van der Waals surface area contributed by atoms with Crippen molar-refractivity contribution < 1.29 is 9.47 Å². The summed E-state index contributed by atoms with van der Waals surface area (Å²) in [6.45, 7) is 4.89. The Labute approximate surface area is 97.6 Å². The molecule has 0 amide bonds. The lowest BCUT2D eigenvalue weighted by Gasteiger charge is -2.36. The lowest BCUT2D eigenvalue weighted by Crippen LogP contribution is -2.38. The Morgan fingerprint density at radius 2 is 1.81 bits per heavy atom. The minimum absolute atomic E-state index is 0.333. The van der Waals surface area contributed by atoms with E-state index in [-0.39, 0.29) is 0 Å². The van der Waals surface area contributed by atoms with Crippen molar-refractivity contribution in [1.29, 1.82) is 0 Å². The van der Waals surface area contributed by atoms with Gasteiger partial charge >= 0.3 is 0 Å². The SMILES string of the molecule is CC(C)OC1CC(OCc2ccccc2)C1. The maximum Gasteiger partial charge on any atom is 0.0720 e. The zero-order chi connectivity index (χ0) is 11.4. The Morgan fingerprint density at radius 3 is 2.44 bits per heavy atom. The van der Waals surface area contributed by atoms with Crippen molar-refractivity contribution in [1.82, 2.24) is 0 Å². The van der Waals surface area contributed by atoms with Crippen LogP contribution >= 0.6 is 0 Å². The Bertz CT molecular complexity index is 302. The molecule has 1 aliphatic rings. The van der Waals surface area contributed by atoms with Crippen LogP contribution in [0.5, 0.6) is 0 Å². The molecule has 16 heavy (non-hydrogen) atoms. The molecule has 88 valence electrons. The molecule has 1 saturated carbocycles. The molecule has 0 radical (unpaired) electrons. The highest BCUT2D eigenvalue weighted by atomic mass is 16.5. The van der Waals surface area contributed by atoms with Crippen LogP contribution < -0.4 is 0 Å². The Balaban J connectivity index is 1.63. The Hall–Kier alpha value is -0.860. The van der Waals surface area contributed by atoms with E-state index in [1.165, 1.54) is 5.56 Å². The molecule has 0 saturated heterocycles. The zero-order valence-corrected chi connectivity index (χ0v) is 10.1. The first-order valence-electron chi connectivity index (χ1n) is 6.05. The molecule has 1 aromatic carbocycles. The summed E-state index contributed by atoms with van der Waals surface area (Å²) in [4.78, 5) is 0. The third-order valence-corrected chi connectivity index (χ3v) is 2.84. The molecule has 0 aliphatic heterocycles. The van der Waals surface area contributed by atoms with Gasteiger partial charge in [-0.25, -0.2) is 0 Å². The summed E-state index contributed by atoms with van der Waals surface area (Å²) in [5.41, 5.74) is 1.25. The highest BCUT2D eigenvalue weighted by molar-refractivity contribution is 5.13. The maximum atomic E-state index is 5.80. The number of hydrogen-bond acceptors (Lipinski definition) is 2. The molecule has 0 aromatic heterocycles. The largest absolute Gasteiger partial charge is 0.375 e. The van der Waals surface area contributed by atoms with Crippen molar-refractivity contribution in [3.8, 4) is 0 Å². The molecule has 0 heterocycles. The van der Waals surface area contributed by atoms with Gasteiger partial charge in [-0.2, -0.15) is 0 Å². The minimum atomic E-state index is 0.333. The van der Waals surface area contributed by atoms with E-state index in [1.54, 1.807) is 0 Å². The van der Waals surface area contributed by atoms with Gasteiger partial charge in [-0.15, -0.1) is 0 Å². The smallest absolute Gasteiger partial charge is 0.0720 e. The summed E-state index contributed by atoms with van der Waals surface area (Å²) >= 11 is 0. The van der Waals surface area contributed by atoms with Crippen molar-refractivity contribution in [2.24, 2.45) is 0 Å². The van der Waals surface area contributed by atoms with E-state index >= 15 is 0 Å². The molecule has 0 spiro atoms. The normalized spacial score (nSPS) is 24.4. The zero-order valence-electron chi connectivity index (χ0n) is 10.1. The fourth-order valence-corrected chi connectivity index (χ4v) is 1.94. The van der Waals surface area contributed by atoms with Crippen LogP contribution in [-0.4, -0.2) is 18.3 Å². The molecule has 2 rings (SSSR count). The summed E-state index contributed by atoms with van der Waals surface area (Å²) in [7, 11) is 0. The predicted octanol–water partition coefficient (Wildman–Crippen LogP) is 3.16. The fourth-order valence-electron chi connectivity index (χ4n) is 1.94. The third-order valence-electron chi connectivity index (χ3n) is 2.84. The lowest BCUT2D eigenvalue weighted by molar-refractivity contribution is -0.122. The quantitative estimate of drug-likeness (QED) is 0.759. The maximum absolute atomic E-state index is 5.80. The predicted molar refractivity (Wildman–Crippen MR) is 64.3 cm³/mol.